The monoisotopic (exact) mass is 302 g/mol. The lowest BCUT2D eigenvalue weighted by atomic mass is 9.98. The number of benzene rings is 1. The Bertz CT molecular complexity index is 301. The molecule has 1 fully saturated rings. The number of halogens is 2. The third-order valence-corrected chi connectivity index (χ3v) is 3.94. The van der Waals surface area contributed by atoms with Crippen molar-refractivity contribution in [2.75, 3.05) is 0 Å². The normalized spacial score (nSPS) is 18.0. The summed E-state index contributed by atoms with van der Waals surface area (Å²) in [7, 11) is 0. The quantitative estimate of drug-likeness (QED) is 0.694. The van der Waals surface area contributed by atoms with Crippen molar-refractivity contribution >= 4 is 31.9 Å². The SMILES string of the molecule is Brc1ccc(C2CCCC2)c(Br)c1. The molecule has 0 aliphatic heterocycles. The molecule has 13 heavy (non-hydrogen) atoms. The maximum Gasteiger partial charge on any atom is 0.0221 e. The fraction of sp³-hybridized carbons (Fsp3) is 0.455. The third-order valence-electron chi connectivity index (χ3n) is 2.76. The molecule has 0 atom stereocenters. The van der Waals surface area contributed by atoms with Crippen molar-refractivity contribution in [2.24, 2.45) is 0 Å². The molecule has 70 valence electrons. The van der Waals surface area contributed by atoms with Gasteiger partial charge in [0, 0.05) is 8.95 Å². The molecule has 2 heteroatoms. The van der Waals surface area contributed by atoms with Gasteiger partial charge in [-0.15, -0.1) is 0 Å². The van der Waals surface area contributed by atoms with Gasteiger partial charge in [-0.2, -0.15) is 0 Å². The molecule has 0 aromatic heterocycles. The van der Waals surface area contributed by atoms with Crippen molar-refractivity contribution in [3.63, 3.8) is 0 Å². The van der Waals surface area contributed by atoms with Crippen molar-refractivity contribution in [3.8, 4) is 0 Å². The fourth-order valence-corrected chi connectivity index (χ4v) is 3.44. The van der Waals surface area contributed by atoms with Gasteiger partial charge in [0.2, 0.25) is 0 Å². The summed E-state index contributed by atoms with van der Waals surface area (Å²) in [6.07, 6.45) is 5.51. The van der Waals surface area contributed by atoms with E-state index in [9.17, 15) is 0 Å². The van der Waals surface area contributed by atoms with Crippen LogP contribution in [0.15, 0.2) is 27.1 Å². The molecule has 0 N–H and O–H groups in total. The molecule has 1 aliphatic carbocycles. The molecule has 0 unspecified atom stereocenters. The van der Waals surface area contributed by atoms with Crippen molar-refractivity contribution in [3.05, 3.63) is 32.7 Å². The molecular weight excluding hydrogens is 292 g/mol. The van der Waals surface area contributed by atoms with Crippen molar-refractivity contribution < 1.29 is 0 Å². The maximum atomic E-state index is 3.63. The van der Waals surface area contributed by atoms with Crippen LogP contribution in [0.4, 0.5) is 0 Å². The van der Waals surface area contributed by atoms with Crippen molar-refractivity contribution in [1.82, 2.24) is 0 Å². The van der Waals surface area contributed by atoms with E-state index >= 15 is 0 Å². The Hall–Kier alpha value is 0.180. The first-order valence-electron chi connectivity index (χ1n) is 4.72. The first-order chi connectivity index (χ1) is 6.27. The van der Waals surface area contributed by atoms with E-state index in [4.69, 9.17) is 0 Å². The second-order valence-electron chi connectivity index (χ2n) is 3.65. The standard InChI is InChI=1S/C11H12Br2/c12-9-5-6-10(11(13)7-9)8-3-1-2-4-8/h5-8H,1-4H2. The third kappa shape index (κ3) is 2.16. The van der Waals surface area contributed by atoms with E-state index < -0.39 is 0 Å². The summed E-state index contributed by atoms with van der Waals surface area (Å²) in [6, 6.07) is 6.52. The molecule has 0 radical (unpaired) electrons. The van der Waals surface area contributed by atoms with E-state index in [1.165, 1.54) is 35.7 Å². The summed E-state index contributed by atoms with van der Waals surface area (Å²) in [6.45, 7) is 0. The number of hydrogen-bond donors (Lipinski definition) is 0. The molecular formula is C11H12Br2. The average molecular weight is 304 g/mol. The second kappa shape index (κ2) is 4.14. The van der Waals surface area contributed by atoms with Gasteiger partial charge in [-0.1, -0.05) is 50.8 Å². The van der Waals surface area contributed by atoms with Crippen LogP contribution in [0.5, 0.6) is 0 Å². The van der Waals surface area contributed by atoms with Crippen LogP contribution in [-0.4, -0.2) is 0 Å². The van der Waals surface area contributed by atoms with Crippen LogP contribution >= 0.6 is 31.9 Å². The van der Waals surface area contributed by atoms with Gasteiger partial charge in [-0.3, -0.25) is 0 Å². The van der Waals surface area contributed by atoms with E-state index in [1.54, 1.807) is 0 Å². The molecule has 0 nitrogen and oxygen atoms in total. The highest BCUT2D eigenvalue weighted by molar-refractivity contribution is 9.11. The molecule has 0 amide bonds. The lowest BCUT2D eigenvalue weighted by molar-refractivity contribution is 0.719. The predicted molar refractivity (Wildman–Crippen MR) is 63.1 cm³/mol. The highest BCUT2D eigenvalue weighted by atomic mass is 79.9. The van der Waals surface area contributed by atoms with Crippen LogP contribution in [-0.2, 0) is 0 Å². The smallest absolute Gasteiger partial charge is 0.0221 e. The van der Waals surface area contributed by atoms with Gasteiger partial charge in [-0.25, -0.2) is 0 Å². The summed E-state index contributed by atoms with van der Waals surface area (Å²) in [5.74, 6) is 0.794. The molecule has 1 aromatic rings. The fourth-order valence-electron chi connectivity index (χ4n) is 2.07. The Kier molecular flexibility index (Phi) is 3.10. The van der Waals surface area contributed by atoms with E-state index in [0.717, 1.165) is 10.4 Å². The lowest BCUT2D eigenvalue weighted by Crippen LogP contribution is -1.92. The summed E-state index contributed by atoms with van der Waals surface area (Å²) < 4.78 is 2.41. The molecule has 2 rings (SSSR count). The Labute approximate surface area is 96.0 Å². The van der Waals surface area contributed by atoms with E-state index in [2.05, 4.69) is 50.1 Å². The minimum absolute atomic E-state index is 0.794. The molecule has 1 saturated carbocycles. The highest BCUT2D eigenvalue weighted by Gasteiger charge is 2.18. The van der Waals surface area contributed by atoms with E-state index in [-0.39, 0.29) is 0 Å². The van der Waals surface area contributed by atoms with E-state index in [0.29, 0.717) is 0 Å². The zero-order chi connectivity index (χ0) is 9.26. The van der Waals surface area contributed by atoms with Gasteiger partial charge in [-0.05, 0) is 36.5 Å². The number of hydrogen-bond acceptors (Lipinski definition) is 0. The molecule has 1 aliphatic rings. The van der Waals surface area contributed by atoms with Crippen LogP contribution < -0.4 is 0 Å². The summed E-state index contributed by atoms with van der Waals surface area (Å²) in [5.41, 5.74) is 1.49. The summed E-state index contributed by atoms with van der Waals surface area (Å²) >= 11 is 7.10. The molecule has 0 saturated heterocycles. The van der Waals surface area contributed by atoms with Gasteiger partial charge in [0.15, 0.2) is 0 Å². The summed E-state index contributed by atoms with van der Waals surface area (Å²) in [4.78, 5) is 0. The summed E-state index contributed by atoms with van der Waals surface area (Å²) in [5, 5.41) is 0. The van der Waals surface area contributed by atoms with Gasteiger partial charge < -0.3 is 0 Å². The van der Waals surface area contributed by atoms with E-state index in [1.807, 2.05) is 0 Å². The van der Waals surface area contributed by atoms with Crippen LogP contribution in [0.1, 0.15) is 37.2 Å². The molecule has 1 aromatic carbocycles. The maximum absolute atomic E-state index is 3.63. The Morgan fingerprint density at radius 1 is 1.08 bits per heavy atom. The van der Waals surface area contributed by atoms with Crippen molar-refractivity contribution in [2.45, 2.75) is 31.6 Å². The molecule has 0 spiro atoms. The molecule has 0 bridgehead atoms. The van der Waals surface area contributed by atoms with Crippen molar-refractivity contribution in [1.29, 1.82) is 0 Å². The van der Waals surface area contributed by atoms with Gasteiger partial charge >= 0.3 is 0 Å². The first-order valence-corrected chi connectivity index (χ1v) is 6.31. The van der Waals surface area contributed by atoms with Crippen LogP contribution in [0.25, 0.3) is 0 Å². The zero-order valence-corrected chi connectivity index (χ0v) is 10.6. The predicted octanol–water partition coefficient (Wildman–Crippen LogP) is 4.87. The zero-order valence-electron chi connectivity index (χ0n) is 7.39. The Balaban J connectivity index is 2.29. The van der Waals surface area contributed by atoms with Crippen LogP contribution in [0, 0.1) is 0 Å². The number of rotatable bonds is 1. The van der Waals surface area contributed by atoms with Crippen LogP contribution in [0.2, 0.25) is 0 Å². The topological polar surface area (TPSA) is 0 Å². The minimum atomic E-state index is 0.794. The van der Waals surface area contributed by atoms with Gasteiger partial charge in [0.25, 0.3) is 0 Å². The lowest BCUT2D eigenvalue weighted by Gasteiger charge is -2.11. The molecule has 0 heterocycles. The average Bonchev–Trinajstić information content (AvgIpc) is 2.56. The van der Waals surface area contributed by atoms with Crippen LogP contribution in [0.3, 0.4) is 0 Å². The second-order valence-corrected chi connectivity index (χ2v) is 5.42. The minimum Gasteiger partial charge on any atom is -0.0565 e. The largest absolute Gasteiger partial charge is 0.0565 e. The Morgan fingerprint density at radius 2 is 1.77 bits per heavy atom. The van der Waals surface area contributed by atoms with Gasteiger partial charge in [0.05, 0.1) is 0 Å². The van der Waals surface area contributed by atoms with Gasteiger partial charge in [0.1, 0.15) is 0 Å². The Morgan fingerprint density at radius 3 is 2.38 bits per heavy atom. The first kappa shape index (κ1) is 9.72. The highest BCUT2D eigenvalue weighted by Crippen LogP contribution is 2.38.